The number of aryl methyl sites for hydroxylation is 1. The van der Waals surface area contributed by atoms with E-state index in [0.29, 0.717) is 13.8 Å². The third kappa shape index (κ3) is 5.99. The van der Waals surface area contributed by atoms with Crippen LogP contribution in [0.2, 0.25) is 0 Å². The summed E-state index contributed by atoms with van der Waals surface area (Å²) in [5.41, 5.74) is -2.56. The monoisotopic (exact) mass is 577 g/mol. The van der Waals surface area contributed by atoms with Crippen LogP contribution in [0.5, 0.6) is 11.6 Å². The molecule has 12 nitrogen and oxygen atoms in total. The standard InChI is InChI=1S/C23H30F3N5O7S/c1-12(27-14(3)32)18-11-31(39(34,35)19-13(2)30(6)29-20(19)36-7)16-10-15(8-9-17(16)37-18)28-21(33)38-22(4,5)23(24,25)26/h8-10,12,18H,11H2,1-7H3,(H,27,32)(H,28,33)/t12-,18+/m0/s1. The summed E-state index contributed by atoms with van der Waals surface area (Å²) in [4.78, 5) is 23.7. The fourth-order valence-corrected chi connectivity index (χ4v) is 5.60. The highest BCUT2D eigenvalue weighted by Crippen LogP contribution is 2.41. The normalized spacial score (nSPS) is 16.6. The molecule has 2 N–H and O–H groups in total. The van der Waals surface area contributed by atoms with Gasteiger partial charge in [-0.15, -0.1) is 5.10 Å². The summed E-state index contributed by atoms with van der Waals surface area (Å²) in [6, 6.07) is 3.28. The van der Waals surface area contributed by atoms with E-state index < -0.39 is 40.0 Å². The number of ether oxygens (including phenoxy) is 3. The zero-order chi connectivity index (χ0) is 29.5. The first kappa shape index (κ1) is 29.9. The van der Waals surface area contributed by atoms with Gasteiger partial charge in [-0.2, -0.15) is 13.2 Å². The number of rotatable bonds is 7. The van der Waals surface area contributed by atoms with Gasteiger partial charge in [0, 0.05) is 19.7 Å². The number of nitrogens with one attached hydrogen (secondary N) is 2. The molecule has 0 unspecified atom stereocenters. The third-order valence-corrected chi connectivity index (χ3v) is 8.02. The number of aromatic nitrogens is 2. The van der Waals surface area contributed by atoms with Crippen LogP contribution < -0.4 is 24.4 Å². The van der Waals surface area contributed by atoms with Gasteiger partial charge in [-0.3, -0.25) is 19.1 Å². The Bertz CT molecular complexity index is 1370. The molecule has 0 aliphatic carbocycles. The number of fused-ring (bicyclic) bond motifs is 1. The highest BCUT2D eigenvalue weighted by Gasteiger charge is 2.51. The van der Waals surface area contributed by atoms with Crippen LogP contribution in [0.15, 0.2) is 23.1 Å². The third-order valence-electron chi connectivity index (χ3n) is 6.11. The fraction of sp³-hybridized carbons (Fsp3) is 0.522. The topological polar surface area (TPSA) is 141 Å². The quantitative estimate of drug-likeness (QED) is 0.512. The number of benzene rings is 1. The van der Waals surface area contributed by atoms with E-state index >= 15 is 0 Å². The molecule has 39 heavy (non-hydrogen) atoms. The highest BCUT2D eigenvalue weighted by molar-refractivity contribution is 7.93. The lowest BCUT2D eigenvalue weighted by Crippen LogP contribution is -2.52. The fourth-order valence-electron chi connectivity index (χ4n) is 3.79. The summed E-state index contributed by atoms with van der Waals surface area (Å²) in [6.45, 7) is 5.62. The Morgan fingerprint density at radius 3 is 2.46 bits per heavy atom. The summed E-state index contributed by atoms with van der Waals surface area (Å²) in [5, 5.41) is 8.95. The average molecular weight is 578 g/mol. The summed E-state index contributed by atoms with van der Waals surface area (Å²) in [7, 11) is -1.56. The summed E-state index contributed by atoms with van der Waals surface area (Å²) in [5.74, 6) is -0.417. The molecule has 2 atom stereocenters. The minimum atomic E-state index is -4.82. The average Bonchev–Trinajstić information content (AvgIpc) is 3.10. The molecule has 0 saturated carbocycles. The first-order valence-electron chi connectivity index (χ1n) is 11.6. The van der Waals surface area contributed by atoms with Crippen molar-refractivity contribution in [3.05, 3.63) is 23.9 Å². The Labute approximate surface area is 223 Å². The number of carbonyl (C=O) groups is 2. The van der Waals surface area contributed by atoms with Crippen molar-refractivity contribution in [3.8, 4) is 11.6 Å². The lowest BCUT2D eigenvalue weighted by Gasteiger charge is -2.38. The number of anilines is 2. The molecule has 0 saturated heterocycles. The highest BCUT2D eigenvalue weighted by atomic mass is 32.2. The minimum absolute atomic E-state index is 0.0144. The SMILES string of the molecule is COc1nn(C)c(C)c1S(=O)(=O)N1C[C@H]([C@H](C)NC(C)=O)Oc2ccc(NC(=O)OC(C)(C)C(F)(F)F)cc21. The van der Waals surface area contributed by atoms with Crippen molar-refractivity contribution in [1.82, 2.24) is 15.1 Å². The van der Waals surface area contributed by atoms with Gasteiger partial charge in [-0.1, -0.05) is 0 Å². The van der Waals surface area contributed by atoms with Gasteiger partial charge in [0.25, 0.3) is 15.9 Å². The van der Waals surface area contributed by atoms with Gasteiger partial charge >= 0.3 is 12.3 Å². The molecule has 1 aliphatic heterocycles. The molecule has 0 spiro atoms. The minimum Gasteiger partial charge on any atom is -0.484 e. The number of sulfonamides is 1. The second kappa shape index (κ2) is 10.5. The van der Waals surface area contributed by atoms with Gasteiger partial charge in [-0.05, 0) is 45.9 Å². The van der Waals surface area contributed by atoms with Gasteiger partial charge in [0.05, 0.1) is 31.1 Å². The number of halogens is 3. The Balaban J connectivity index is 2.06. The second-order valence-electron chi connectivity index (χ2n) is 9.43. The van der Waals surface area contributed by atoms with E-state index in [2.05, 4.69) is 20.5 Å². The van der Waals surface area contributed by atoms with E-state index in [1.807, 2.05) is 0 Å². The molecular formula is C23H30F3N5O7S. The Hall–Kier alpha value is -3.69. The molecule has 2 amide bonds. The number of hydrogen-bond acceptors (Lipinski definition) is 8. The predicted molar refractivity (Wildman–Crippen MR) is 133 cm³/mol. The second-order valence-corrected chi connectivity index (χ2v) is 11.2. The van der Waals surface area contributed by atoms with E-state index in [1.165, 1.54) is 43.8 Å². The van der Waals surface area contributed by atoms with Crippen LogP contribution in [0.3, 0.4) is 0 Å². The maximum absolute atomic E-state index is 14.0. The summed E-state index contributed by atoms with van der Waals surface area (Å²) in [6.07, 6.45) is -7.04. The Kier molecular flexibility index (Phi) is 8.01. The van der Waals surface area contributed by atoms with Crippen LogP contribution in [0.1, 0.15) is 33.4 Å². The van der Waals surface area contributed by atoms with Gasteiger partial charge < -0.3 is 19.5 Å². The molecule has 0 bridgehead atoms. The number of hydrogen-bond donors (Lipinski definition) is 2. The van der Waals surface area contributed by atoms with Crippen molar-refractivity contribution >= 4 is 33.4 Å². The molecule has 1 aliphatic rings. The number of carbonyl (C=O) groups excluding carboxylic acids is 2. The van der Waals surface area contributed by atoms with Crippen LogP contribution in [0, 0.1) is 6.92 Å². The van der Waals surface area contributed by atoms with E-state index in [9.17, 15) is 31.2 Å². The first-order valence-corrected chi connectivity index (χ1v) is 13.1. The van der Waals surface area contributed by atoms with E-state index in [-0.39, 0.29) is 46.0 Å². The first-order chi connectivity index (χ1) is 17.9. The molecule has 0 fully saturated rings. The maximum atomic E-state index is 14.0. The largest absolute Gasteiger partial charge is 0.484 e. The van der Waals surface area contributed by atoms with Crippen molar-refractivity contribution in [2.75, 3.05) is 23.3 Å². The summed E-state index contributed by atoms with van der Waals surface area (Å²) < 4.78 is 85.5. The molecule has 1 aromatic carbocycles. The van der Waals surface area contributed by atoms with Crippen molar-refractivity contribution in [2.24, 2.45) is 7.05 Å². The maximum Gasteiger partial charge on any atom is 0.427 e. The number of alkyl halides is 3. The van der Waals surface area contributed by atoms with Crippen LogP contribution in [-0.2, 0) is 26.6 Å². The molecule has 1 aromatic heterocycles. The van der Waals surface area contributed by atoms with Gasteiger partial charge in [0.1, 0.15) is 11.9 Å². The molecule has 2 aromatic rings. The van der Waals surface area contributed by atoms with Crippen LogP contribution in [0.25, 0.3) is 0 Å². The van der Waals surface area contributed by atoms with Gasteiger partial charge in [0.15, 0.2) is 4.90 Å². The van der Waals surface area contributed by atoms with Crippen molar-refractivity contribution in [1.29, 1.82) is 0 Å². The Morgan fingerprint density at radius 2 is 1.90 bits per heavy atom. The van der Waals surface area contributed by atoms with Crippen molar-refractivity contribution in [3.63, 3.8) is 0 Å². The van der Waals surface area contributed by atoms with Gasteiger partial charge in [0.2, 0.25) is 11.5 Å². The Morgan fingerprint density at radius 1 is 1.26 bits per heavy atom. The van der Waals surface area contributed by atoms with Crippen LogP contribution >= 0.6 is 0 Å². The molecular weight excluding hydrogens is 547 g/mol. The smallest absolute Gasteiger partial charge is 0.427 e. The molecule has 216 valence electrons. The summed E-state index contributed by atoms with van der Waals surface area (Å²) >= 11 is 0. The number of amides is 2. The number of nitrogens with zero attached hydrogens (tertiary/aromatic N) is 3. The van der Waals surface area contributed by atoms with E-state index in [1.54, 1.807) is 14.0 Å². The van der Waals surface area contributed by atoms with E-state index in [4.69, 9.17) is 9.47 Å². The zero-order valence-corrected chi connectivity index (χ0v) is 23.2. The van der Waals surface area contributed by atoms with Crippen molar-refractivity contribution < 1.29 is 45.4 Å². The lowest BCUT2D eigenvalue weighted by atomic mass is 10.1. The predicted octanol–water partition coefficient (Wildman–Crippen LogP) is 3.11. The van der Waals surface area contributed by atoms with Crippen molar-refractivity contribution in [2.45, 2.75) is 63.4 Å². The molecule has 16 heteroatoms. The van der Waals surface area contributed by atoms with Crippen LogP contribution in [-0.4, -0.2) is 67.8 Å². The van der Waals surface area contributed by atoms with E-state index in [0.717, 1.165) is 4.31 Å². The molecule has 0 radical (unpaired) electrons. The molecule has 2 heterocycles. The zero-order valence-electron chi connectivity index (χ0n) is 22.3. The number of methoxy groups -OCH3 is 1. The van der Waals surface area contributed by atoms with Crippen LogP contribution in [0.4, 0.5) is 29.3 Å². The lowest BCUT2D eigenvalue weighted by molar-refractivity contribution is -0.242. The van der Waals surface area contributed by atoms with Gasteiger partial charge in [-0.25, -0.2) is 13.2 Å². The molecule has 3 rings (SSSR count).